The molecule has 27 heavy (non-hydrogen) atoms. The molecule has 0 atom stereocenters. The quantitative estimate of drug-likeness (QED) is 0.639. The lowest BCUT2D eigenvalue weighted by atomic mass is 10.1. The second-order valence-electron chi connectivity index (χ2n) is 5.81. The first-order valence-corrected chi connectivity index (χ1v) is 8.48. The van der Waals surface area contributed by atoms with Crippen LogP contribution in [0, 0.1) is 0 Å². The highest BCUT2D eigenvalue weighted by atomic mass is 35.5. The Morgan fingerprint density at radius 3 is 2.19 bits per heavy atom. The number of nitrogen functional groups attached to an aromatic ring is 1. The zero-order chi connectivity index (χ0) is 18.9. The molecule has 0 saturated carbocycles. The van der Waals surface area contributed by atoms with Crippen LogP contribution in [0.15, 0.2) is 36.4 Å². The van der Waals surface area contributed by atoms with Gasteiger partial charge in [-0.1, -0.05) is 18.2 Å². The number of hydrogen-bond donors (Lipinski definition) is 2. The first kappa shape index (κ1) is 22.4. The summed E-state index contributed by atoms with van der Waals surface area (Å²) in [5.41, 5.74) is 8.50. The maximum atomic E-state index is 12.1. The molecule has 0 bridgehead atoms. The van der Waals surface area contributed by atoms with Crippen molar-refractivity contribution in [3.05, 3.63) is 47.5 Å². The highest BCUT2D eigenvalue weighted by Crippen LogP contribution is 2.34. The van der Waals surface area contributed by atoms with Gasteiger partial charge >= 0.3 is 0 Å². The number of para-hydroxylation sites is 1. The van der Waals surface area contributed by atoms with Gasteiger partial charge in [-0.15, -0.1) is 12.4 Å². The molecule has 0 heterocycles. The van der Waals surface area contributed by atoms with E-state index in [1.165, 1.54) is 0 Å². The maximum absolute atomic E-state index is 12.1. The lowest BCUT2D eigenvalue weighted by Gasteiger charge is -2.15. The van der Waals surface area contributed by atoms with Crippen LogP contribution in [-0.4, -0.2) is 33.8 Å². The molecule has 0 aliphatic carbocycles. The number of rotatable bonds is 9. The number of methoxy groups -OCH3 is 3. The van der Waals surface area contributed by atoms with Crippen molar-refractivity contribution in [3.63, 3.8) is 0 Å². The van der Waals surface area contributed by atoms with Crippen molar-refractivity contribution >= 4 is 24.0 Å². The van der Waals surface area contributed by atoms with Crippen LogP contribution in [0.25, 0.3) is 0 Å². The molecule has 148 valence electrons. The number of amides is 1. The molecule has 0 aliphatic heterocycles. The van der Waals surface area contributed by atoms with E-state index in [1.807, 2.05) is 24.3 Å². The number of benzene rings is 2. The molecule has 0 aliphatic rings. The maximum Gasteiger partial charge on any atom is 0.220 e. The number of carbonyl (C=O) groups is 1. The predicted octanol–water partition coefficient (Wildman–Crippen LogP) is 3.01. The molecular weight excluding hydrogens is 368 g/mol. The Morgan fingerprint density at radius 2 is 1.63 bits per heavy atom. The van der Waals surface area contributed by atoms with Gasteiger partial charge in [0, 0.05) is 36.3 Å². The Morgan fingerprint density at radius 1 is 1.00 bits per heavy atom. The van der Waals surface area contributed by atoms with Crippen LogP contribution in [0.2, 0.25) is 0 Å². The van der Waals surface area contributed by atoms with E-state index >= 15 is 0 Å². The van der Waals surface area contributed by atoms with Gasteiger partial charge in [0.1, 0.15) is 17.2 Å². The molecule has 0 radical (unpaired) electrons. The Hall–Kier alpha value is -2.60. The van der Waals surface area contributed by atoms with E-state index < -0.39 is 0 Å². The molecular formula is C20H27ClN2O4. The van der Waals surface area contributed by atoms with Crippen LogP contribution in [0.4, 0.5) is 5.69 Å². The molecule has 2 rings (SSSR count). The minimum Gasteiger partial charge on any atom is -0.496 e. The molecule has 1 amide bonds. The summed E-state index contributed by atoms with van der Waals surface area (Å²) in [5, 5.41) is 2.93. The van der Waals surface area contributed by atoms with E-state index in [4.69, 9.17) is 19.9 Å². The summed E-state index contributed by atoms with van der Waals surface area (Å²) >= 11 is 0. The third-order valence-electron chi connectivity index (χ3n) is 4.19. The van der Waals surface area contributed by atoms with Crippen LogP contribution in [0.5, 0.6) is 17.2 Å². The highest BCUT2D eigenvalue weighted by Gasteiger charge is 2.13. The largest absolute Gasteiger partial charge is 0.496 e. The molecule has 3 N–H and O–H groups in total. The van der Waals surface area contributed by atoms with Gasteiger partial charge in [0.15, 0.2) is 0 Å². The number of ether oxygens (including phenoxy) is 3. The van der Waals surface area contributed by atoms with Gasteiger partial charge in [0.05, 0.1) is 21.3 Å². The third-order valence-corrected chi connectivity index (χ3v) is 4.19. The van der Waals surface area contributed by atoms with E-state index in [0.717, 1.165) is 11.1 Å². The molecule has 6 nitrogen and oxygen atoms in total. The van der Waals surface area contributed by atoms with Crippen molar-refractivity contribution in [2.45, 2.75) is 19.3 Å². The van der Waals surface area contributed by atoms with Crippen LogP contribution in [0.3, 0.4) is 0 Å². The standard InChI is InChI=1S/C20H26N2O4.ClH/c1-24-15-12-18(25-2)16(19(13-15)26-3)10-11-22-20(23)9-8-14-6-4-5-7-17(14)21;/h4-7,12-13H,8-11,21H2,1-3H3,(H,22,23);1H. The van der Waals surface area contributed by atoms with Crippen LogP contribution >= 0.6 is 12.4 Å². The molecule has 0 aromatic heterocycles. The molecule has 2 aromatic rings. The minimum atomic E-state index is -0.0142. The van der Waals surface area contributed by atoms with Gasteiger partial charge in [-0.05, 0) is 24.5 Å². The fraction of sp³-hybridized carbons (Fsp3) is 0.350. The monoisotopic (exact) mass is 394 g/mol. The predicted molar refractivity (Wildman–Crippen MR) is 109 cm³/mol. The fourth-order valence-electron chi connectivity index (χ4n) is 2.75. The third kappa shape index (κ3) is 6.25. The number of nitrogens with two attached hydrogens (primary N) is 1. The van der Waals surface area contributed by atoms with E-state index in [1.54, 1.807) is 33.5 Å². The first-order chi connectivity index (χ1) is 12.6. The average Bonchev–Trinajstić information content (AvgIpc) is 2.67. The number of carbonyl (C=O) groups excluding carboxylic acids is 1. The van der Waals surface area contributed by atoms with E-state index in [-0.39, 0.29) is 18.3 Å². The summed E-state index contributed by atoms with van der Waals surface area (Å²) in [5.74, 6) is 1.99. The summed E-state index contributed by atoms with van der Waals surface area (Å²) in [6.45, 7) is 0.488. The van der Waals surface area contributed by atoms with Gasteiger partial charge in [-0.25, -0.2) is 0 Å². The second-order valence-corrected chi connectivity index (χ2v) is 5.81. The normalized spacial score (nSPS) is 9.89. The molecule has 0 unspecified atom stereocenters. The summed E-state index contributed by atoms with van der Waals surface area (Å²) < 4.78 is 16.1. The lowest BCUT2D eigenvalue weighted by Crippen LogP contribution is -2.26. The smallest absolute Gasteiger partial charge is 0.220 e. The SMILES string of the molecule is COc1cc(OC)c(CCNC(=O)CCc2ccccc2N)c(OC)c1.Cl. The number of hydrogen-bond acceptors (Lipinski definition) is 5. The Kier molecular flexibility index (Phi) is 9.30. The van der Waals surface area contributed by atoms with Crippen molar-refractivity contribution in [2.24, 2.45) is 0 Å². The first-order valence-electron chi connectivity index (χ1n) is 8.48. The van der Waals surface area contributed by atoms with Crippen molar-refractivity contribution in [3.8, 4) is 17.2 Å². The average molecular weight is 395 g/mol. The van der Waals surface area contributed by atoms with E-state index in [0.29, 0.717) is 48.7 Å². The topological polar surface area (TPSA) is 82.8 Å². The minimum absolute atomic E-state index is 0. The molecule has 7 heteroatoms. The molecule has 2 aromatic carbocycles. The summed E-state index contributed by atoms with van der Waals surface area (Å²) in [4.78, 5) is 12.1. The summed E-state index contributed by atoms with van der Waals surface area (Å²) in [6, 6.07) is 11.2. The lowest BCUT2D eigenvalue weighted by molar-refractivity contribution is -0.121. The molecule has 0 spiro atoms. The Labute approximate surface area is 166 Å². The number of anilines is 1. The molecule has 0 saturated heterocycles. The van der Waals surface area contributed by atoms with E-state index in [9.17, 15) is 4.79 Å². The van der Waals surface area contributed by atoms with E-state index in [2.05, 4.69) is 5.32 Å². The zero-order valence-corrected chi connectivity index (χ0v) is 16.7. The van der Waals surface area contributed by atoms with Gasteiger partial charge < -0.3 is 25.3 Å². The fourth-order valence-corrected chi connectivity index (χ4v) is 2.75. The van der Waals surface area contributed by atoms with Crippen LogP contribution in [0.1, 0.15) is 17.5 Å². The number of halogens is 1. The second kappa shape index (κ2) is 11.2. The van der Waals surface area contributed by atoms with Crippen LogP contribution < -0.4 is 25.3 Å². The van der Waals surface area contributed by atoms with Crippen molar-refractivity contribution < 1.29 is 19.0 Å². The summed E-state index contributed by atoms with van der Waals surface area (Å²) in [7, 11) is 4.79. The Balaban J connectivity index is 0.00000364. The van der Waals surface area contributed by atoms with Gasteiger partial charge in [0.2, 0.25) is 5.91 Å². The van der Waals surface area contributed by atoms with Gasteiger partial charge in [-0.2, -0.15) is 0 Å². The summed E-state index contributed by atoms with van der Waals surface area (Å²) in [6.07, 6.45) is 1.61. The number of aryl methyl sites for hydroxylation is 1. The highest BCUT2D eigenvalue weighted by molar-refractivity contribution is 5.85. The van der Waals surface area contributed by atoms with Crippen molar-refractivity contribution in [1.82, 2.24) is 5.32 Å². The van der Waals surface area contributed by atoms with Crippen LogP contribution in [-0.2, 0) is 17.6 Å². The van der Waals surface area contributed by atoms with Crippen molar-refractivity contribution in [2.75, 3.05) is 33.6 Å². The Bertz CT molecular complexity index is 728. The zero-order valence-electron chi connectivity index (χ0n) is 15.9. The van der Waals surface area contributed by atoms with Gasteiger partial charge in [-0.3, -0.25) is 4.79 Å². The van der Waals surface area contributed by atoms with Crippen molar-refractivity contribution in [1.29, 1.82) is 0 Å². The molecule has 0 fully saturated rings. The number of nitrogens with one attached hydrogen (secondary N) is 1. The van der Waals surface area contributed by atoms with Gasteiger partial charge in [0.25, 0.3) is 0 Å².